The Bertz CT molecular complexity index is 531. The van der Waals surface area contributed by atoms with Crippen molar-refractivity contribution in [3.05, 3.63) is 46.6 Å². The molecule has 1 nitrogen and oxygen atoms in total. The Hall–Kier alpha value is -1.37. The van der Waals surface area contributed by atoms with Gasteiger partial charge in [0.15, 0.2) is 0 Å². The minimum absolute atomic E-state index is 0.0114. The molecule has 102 valence electrons. The van der Waals surface area contributed by atoms with Crippen molar-refractivity contribution < 1.29 is 0 Å². The maximum Gasteiger partial charge on any atom is 0.0527 e. The summed E-state index contributed by atoms with van der Waals surface area (Å²) in [4.78, 5) is 4.94. The van der Waals surface area contributed by atoms with E-state index in [1.165, 1.54) is 28.0 Å². The molecule has 0 aliphatic heterocycles. The zero-order valence-corrected chi connectivity index (χ0v) is 13.0. The number of nitrogens with zero attached hydrogens (tertiary/aromatic N) is 1. The highest BCUT2D eigenvalue weighted by molar-refractivity contribution is 6.04. The normalized spacial score (nSPS) is 26.0. The van der Waals surface area contributed by atoms with Gasteiger partial charge in [-0.15, -0.1) is 0 Å². The highest BCUT2D eigenvalue weighted by Gasteiger charge is 2.27. The van der Waals surface area contributed by atoms with Crippen molar-refractivity contribution >= 4 is 5.71 Å². The second-order valence-electron chi connectivity index (χ2n) is 6.67. The largest absolute Gasteiger partial charge is 0.283 e. The summed E-state index contributed by atoms with van der Waals surface area (Å²) in [5.41, 5.74) is 6.96. The van der Waals surface area contributed by atoms with E-state index in [-0.39, 0.29) is 5.54 Å². The molecule has 0 aromatic carbocycles. The van der Waals surface area contributed by atoms with Crippen LogP contribution >= 0.6 is 0 Å². The molecule has 0 aromatic heterocycles. The molecule has 0 aromatic rings. The van der Waals surface area contributed by atoms with E-state index in [9.17, 15) is 0 Å². The number of allylic oxidation sites excluding steroid dienone is 8. The Labute approximate surface area is 117 Å². The van der Waals surface area contributed by atoms with Crippen molar-refractivity contribution in [3.8, 4) is 0 Å². The highest BCUT2D eigenvalue weighted by Crippen LogP contribution is 2.38. The third-order valence-electron chi connectivity index (χ3n) is 3.79. The number of rotatable bonds is 1. The first-order valence-electron chi connectivity index (χ1n) is 7.11. The molecule has 0 fully saturated rings. The third-order valence-corrected chi connectivity index (χ3v) is 3.79. The fourth-order valence-electron chi connectivity index (χ4n) is 2.93. The zero-order valence-electron chi connectivity index (χ0n) is 13.0. The highest BCUT2D eigenvalue weighted by atomic mass is 14.8. The Morgan fingerprint density at radius 1 is 1.16 bits per heavy atom. The lowest BCUT2D eigenvalue weighted by Gasteiger charge is -2.25. The van der Waals surface area contributed by atoms with Gasteiger partial charge < -0.3 is 0 Å². The van der Waals surface area contributed by atoms with Crippen molar-refractivity contribution in [2.75, 3.05) is 0 Å². The van der Waals surface area contributed by atoms with Gasteiger partial charge in [-0.2, -0.15) is 0 Å². The maximum absolute atomic E-state index is 4.94. The SMILES string of the molecule is CC1=CC(C)=C(C)C1C1=CC=CCC1=NC(C)(C)C. The standard InChI is InChI=1S/C18H25N/c1-12-11-13(2)17(14(12)3)15-9-7-8-10-16(15)19-18(4,5)6/h7-9,11,17H,10H2,1-6H3. The predicted octanol–water partition coefficient (Wildman–Crippen LogP) is 5.02. The van der Waals surface area contributed by atoms with Crippen LogP contribution in [0.3, 0.4) is 0 Å². The van der Waals surface area contributed by atoms with Crippen LogP contribution in [0.4, 0.5) is 0 Å². The van der Waals surface area contributed by atoms with Crippen LogP contribution in [-0.4, -0.2) is 11.3 Å². The van der Waals surface area contributed by atoms with Gasteiger partial charge >= 0.3 is 0 Å². The molecule has 1 unspecified atom stereocenters. The lowest BCUT2D eigenvalue weighted by Crippen LogP contribution is -2.21. The summed E-state index contributed by atoms with van der Waals surface area (Å²) in [6, 6.07) is 0. The Balaban J connectivity index is 2.43. The van der Waals surface area contributed by atoms with Crippen molar-refractivity contribution in [3.63, 3.8) is 0 Å². The lowest BCUT2D eigenvalue weighted by atomic mass is 9.83. The van der Waals surface area contributed by atoms with Gasteiger partial charge in [-0.3, -0.25) is 4.99 Å². The molecule has 0 spiro atoms. The molecule has 0 bridgehead atoms. The van der Waals surface area contributed by atoms with Gasteiger partial charge in [0, 0.05) is 18.1 Å². The van der Waals surface area contributed by atoms with Crippen molar-refractivity contribution in [2.45, 2.75) is 53.5 Å². The minimum atomic E-state index is -0.0114. The van der Waals surface area contributed by atoms with E-state index in [1.54, 1.807) is 0 Å². The summed E-state index contributed by atoms with van der Waals surface area (Å²) >= 11 is 0. The first-order valence-corrected chi connectivity index (χ1v) is 7.11. The quantitative estimate of drug-likeness (QED) is 0.623. The summed E-state index contributed by atoms with van der Waals surface area (Å²) in [5, 5.41) is 0. The van der Waals surface area contributed by atoms with E-state index in [1.807, 2.05) is 0 Å². The maximum atomic E-state index is 4.94. The van der Waals surface area contributed by atoms with Gasteiger partial charge in [0.05, 0.1) is 5.54 Å². The molecule has 2 aliphatic carbocycles. The fraction of sp³-hybridized carbons (Fsp3) is 0.500. The second kappa shape index (κ2) is 4.96. The molecule has 1 heteroatoms. The molecule has 0 heterocycles. The first kappa shape index (κ1) is 14.0. The molecule has 0 amide bonds. The monoisotopic (exact) mass is 255 g/mol. The molecule has 19 heavy (non-hydrogen) atoms. The fourth-order valence-corrected chi connectivity index (χ4v) is 2.93. The Morgan fingerprint density at radius 2 is 1.84 bits per heavy atom. The van der Waals surface area contributed by atoms with Gasteiger partial charge in [-0.05, 0) is 47.1 Å². The molecule has 1 atom stereocenters. The van der Waals surface area contributed by atoms with Crippen LogP contribution in [0.2, 0.25) is 0 Å². The molecular weight excluding hydrogens is 230 g/mol. The van der Waals surface area contributed by atoms with Crippen LogP contribution in [0.15, 0.2) is 51.6 Å². The van der Waals surface area contributed by atoms with E-state index in [4.69, 9.17) is 4.99 Å². The molecule has 0 saturated carbocycles. The first-order chi connectivity index (χ1) is 8.79. The number of hydrogen-bond acceptors (Lipinski definition) is 1. The topological polar surface area (TPSA) is 12.4 Å². The summed E-state index contributed by atoms with van der Waals surface area (Å²) < 4.78 is 0. The molecule has 2 aliphatic rings. The average Bonchev–Trinajstić information content (AvgIpc) is 2.52. The predicted molar refractivity (Wildman–Crippen MR) is 84.6 cm³/mol. The minimum Gasteiger partial charge on any atom is -0.283 e. The van der Waals surface area contributed by atoms with Crippen LogP contribution in [0, 0.1) is 5.92 Å². The third kappa shape index (κ3) is 2.97. The molecule has 0 N–H and O–H groups in total. The molecular formula is C18H25N. The average molecular weight is 255 g/mol. The summed E-state index contributed by atoms with van der Waals surface area (Å²) in [6.45, 7) is 13.2. The van der Waals surface area contributed by atoms with Crippen molar-refractivity contribution in [2.24, 2.45) is 10.9 Å². The molecule has 2 rings (SSSR count). The van der Waals surface area contributed by atoms with Crippen LogP contribution in [-0.2, 0) is 0 Å². The number of aliphatic imine (C=N–C) groups is 1. The van der Waals surface area contributed by atoms with Crippen LogP contribution in [0.5, 0.6) is 0 Å². The summed E-state index contributed by atoms with van der Waals surface area (Å²) in [7, 11) is 0. The van der Waals surface area contributed by atoms with Gasteiger partial charge in [0.25, 0.3) is 0 Å². The smallest absolute Gasteiger partial charge is 0.0527 e. The van der Waals surface area contributed by atoms with E-state index in [0.29, 0.717) is 5.92 Å². The number of hydrogen-bond donors (Lipinski definition) is 0. The van der Waals surface area contributed by atoms with Crippen LogP contribution < -0.4 is 0 Å². The van der Waals surface area contributed by atoms with Crippen LogP contribution in [0.25, 0.3) is 0 Å². The second-order valence-corrected chi connectivity index (χ2v) is 6.67. The van der Waals surface area contributed by atoms with Crippen molar-refractivity contribution in [1.29, 1.82) is 0 Å². The van der Waals surface area contributed by atoms with Gasteiger partial charge in [0.2, 0.25) is 0 Å². The summed E-state index contributed by atoms with van der Waals surface area (Å²) in [6.07, 6.45) is 9.89. The van der Waals surface area contributed by atoms with Crippen LogP contribution in [0.1, 0.15) is 48.0 Å². The van der Waals surface area contributed by atoms with Gasteiger partial charge in [-0.25, -0.2) is 0 Å². The Morgan fingerprint density at radius 3 is 2.37 bits per heavy atom. The van der Waals surface area contributed by atoms with E-state index >= 15 is 0 Å². The van der Waals surface area contributed by atoms with E-state index in [0.717, 1.165) is 6.42 Å². The zero-order chi connectivity index (χ0) is 14.2. The van der Waals surface area contributed by atoms with E-state index in [2.05, 4.69) is 65.8 Å². The summed E-state index contributed by atoms with van der Waals surface area (Å²) in [5.74, 6) is 0.436. The Kier molecular flexibility index (Phi) is 3.66. The van der Waals surface area contributed by atoms with Gasteiger partial charge in [0.1, 0.15) is 0 Å². The molecule has 0 radical (unpaired) electrons. The van der Waals surface area contributed by atoms with E-state index < -0.39 is 0 Å². The molecule has 0 saturated heterocycles. The van der Waals surface area contributed by atoms with Crippen molar-refractivity contribution in [1.82, 2.24) is 0 Å². The lowest BCUT2D eigenvalue weighted by molar-refractivity contribution is 0.581. The van der Waals surface area contributed by atoms with Gasteiger partial charge in [-0.1, -0.05) is 41.0 Å².